The van der Waals surface area contributed by atoms with Crippen LogP contribution in [0, 0.1) is 0 Å². The van der Waals surface area contributed by atoms with Gasteiger partial charge in [-0.05, 0) is 23.6 Å². The van der Waals surface area contributed by atoms with Crippen LogP contribution in [0.3, 0.4) is 0 Å². The molecule has 20 heavy (non-hydrogen) atoms. The number of pyridine rings is 1. The van der Waals surface area contributed by atoms with Crippen molar-refractivity contribution in [1.82, 2.24) is 15.1 Å². The molecule has 0 aliphatic rings. The van der Waals surface area contributed by atoms with E-state index in [1.807, 2.05) is 16.8 Å². The van der Waals surface area contributed by atoms with Crippen molar-refractivity contribution in [1.29, 1.82) is 0 Å². The van der Waals surface area contributed by atoms with Crippen molar-refractivity contribution in [3.8, 4) is 11.4 Å². The van der Waals surface area contributed by atoms with Gasteiger partial charge in [0.2, 0.25) is 5.82 Å². The molecule has 0 aliphatic carbocycles. The Morgan fingerprint density at radius 2 is 2.30 bits per heavy atom. The van der Waals surface area contributed by atoms with Crippen LogP contribution in [0.25, 0.3) is 11.4 Å². The molecule has 0 fully saturated rings. The molecule has 0 N–H and O–H groups in total. The third kappa shape index (κ3) is 2.72. The molecule has 0 saturated heterocycles. The number of nitrogens with zero attached hydrogens (tertiary/aromatic N) is 3. The molecule has 0 saturated carbocycles. The first-order chi connectivity index (χ1) is 9.83. The number of thiophene rings is 1. The second kappa shape index (κ2) is 5.62. The van der Waals surface area contributed by atoms with Gasteiger partial charge >= 0.3 is 5.97 Å². The highest BCUT2D eigenvalue weighted by Crippen LogP contribution is 2.18. The van der Waals surface area contributed by atoms with Crippen molar-refractivity contribution in [3.63, 3.8) is 0 Å². The minimum absolute atomic E-state index is 0.0768. The van der Waals surface area contributed by atoms with E-state index in [1.54, 1.807) is 29.5 Å². The zero-order valence-corrected chi connectivity index (χ0v) is 11.0. The molecular weight excluding hydrogens is 278 g/mol. The van der Waals surface area contributed by atoms with Crippen LogP contribution in [0.4, 0.5) is 0 Å². The quantitative estimate of drug-likeness (QED) is 0.686. The summed E-state index contributed by atoms with van der Waals surface area (Å²) >= 11 is 1.54. The van der Waals surface area contributed by atoms with E-state index in [9.17, 15) is 4.79 Å². The van der Waals surface area contributed by atoms with Crippen LogP contribution in [0.1, 0.15) is 16.4 Å². The molecule has 0 aliphatic heterocycles. The van der Waals surface area contributed by atoms with Gasteiger partial charge in [0.25, 0.3) is 5.89 Å². The van der Waals surface area contributed by atoms with Gasteiger partial charge in [-0.2, -0.15) is 16.3 Å². The van der Waals surface area contributed by atoms with E-state index in [-0.39, 0.29) is 18.2 Å². The Morgan fingerprint density at radius 1 is 1.35 bits per heavy atom. The van der Waals surface area contributed by atoms with Crippen LogP contribution in [0.5, 0.6) is 0 Å². The summed E-state index contributed by atoms with van der Waals surface area (Å²) in [5.74, 6) is 0.200. The molecule has 100 valence electrons. The SMILES string of the molecule is O=C(OCc1nc(-c2ccsc2)no1)c1ccccn1. The molecule has 3 heterocycles. The van der Waals surface area contributed by atoms with Crippen molar-refractivity contribution in [2.24, 2.45) is 0 Å². The zero-order valence-electron chi connectivity index (χ0n) is 10.2. The maximum absolute atomic E-state index is 11.7. The Bertz CT molecular complexity index is 695. The maximum Gasteiger partial charge on any atom is 0.357 e. The number of rotatable bonds is 4. The number of esters is 1. The smallest absolute Gasteiger partial charge is 0.357 e. The molecule has 7 heteroatoms. The first-order valence-corrected chi connectivity index (χ1v) is 6.70. The van der Waals surface area contributed by atoms with Crippen molar-refractivity contribution in [3.05, 3.63) is 52.8 Å². The van der Waals surface area contributed by atoms with Crippen molar-refractivity contribution < 1.29 is 14.1 Å². The van der Waals surface area contributed by atoms with Crippen LogP contribution in [-0.4, -0.2) is 21.1 Å². The van der Waals surface area contributed by atoms with Crippen LogP contribution >= 0.6 is 11.3 Å². The second-order valence-corrected chi connectivity index (χ2v) is 4.59. The molecule has 0 atom stereocenters. The van der Waals surface area contributed by atoms with Gasteiger partial charge in [-0.15, -0.1) is 0 Å². The first-order valence-electron chi connectivity index (χ1n) is 5.76. The van der Waals surface area contributed by atoms with Crippen molar-refractivity contribution in [2.75, 3.05) is 0 Å². The third-order valence-electron chi connectivity index (χ3n) is 2.45. The standard InChI is InChI=1S/C13H9N3O3S/c17-13(10-3-1-2-5-14-10)18-7-11-15-12(16-19-11)9-4-6-20-8-9/h1-6,8H,7H2. The van der Waals surface area contributed by atoms with E-state index in [0.717, 1.165) is 5.56 Å². The van der Waals surface area contributed by atoms with Crippen molar-refractivity contribution >= 4 is 17.3 Å². The van der Waals surface area contributed by atoms with Gasteiger partial charge in [0.05, 0.1) is 0 Å². The summed E-state index contributed by atoms with van der Waals surface area (Å²) in [4.78, 5) is 19.7. The molecule has 0 unspecified atom stereocenters. The number of aromatic nitrogens is 3. The Hall–Kier alpha value is -2.54. The van der Waals surface area contributed by atoms with E-state index in [2.05, 4.69) is 15.1 Å². The fourth-order valence-corrected chi connectivity index (χ4v) is 2.14. The Balaban J connectivity index is 1.63. The highest BCUT2D eigenvalue weighted by Gasteiger charge is 2.13. The minimum Gasteiger partial charge on any atom is -0.451 e. The average molecular weight is 287 g/mol. The summed E-state index contributed by atoms with van der Waals surface area (Å²) in [5.41, 5.74) is 1.12. The maximum atomic E-state index is 11.7. The second-order valence-electron chi connectivity index (χ2n) is 3.81. The molecule has 3 aromatic heterocycles. The van der Waals surface area contributed by atoms with E-state index < -0.39 is 5.97 Å². The lowest BCUT2D eigenvalue weighted by atomic mass is 10.3. The summed E-state index contributed by atoms with van der Waals surface area (Å²) in [7, 11) is 0. The molecule has 6 nitrogen and oxygen atoms in total. The van der Waals surface area contributed by atoms with Gasteiger partial charge in [0, 0.05) is 17.1 Å². The highest BCUT2D eigenvalue weighted by molar-refractivity contribution is 7.08. The van der Waals surface area contributed by atoms with Crippen molar-refractivity contribution in [2.45, 2.75) is 6.61 Å². The van der Waals surface area contributed by atoms with Crippen LogP contribution in [0.2, 0.25) is 0 Å². The van der Waals surface area contributed by atoms with Gasteiger partial charge in [-0.3, -0.25) is 0 Å². The summed E-state index contributed by atoms with van der Waals surface area (Å²) in [5, 5.41) is 7.66. The van der Waals surface area contributed by atoms with E-state index in [4.69, 9.17) is 9.26 Å². The van der Waals surface area contributed by atoms with Crippen LogP contribution in [-0.2, 0) is 11.3 Å². The third-order valence-corrected chi connectivity index (χ3v) is 3.13. The number of carbonyl (C=O) groups is 1. The number of hydrogen-bond acceptors (Lipinski definition) is 7. The normalized spacial score (nSPS) is 10.4. The monoisotopic (exact) mass is 287 g/mol. The number of ether oxygens (including phenoxy) is 1. The van der Waals surface area contributed by atoms with Gasteiger partial charge < -0.3 is 9.26 Å². The molecule has 0 amide bonds. The van der Waals surface area contributed by atoms with Gasteiger partial charge in [0.1, 0.15) is 5.69 Å². The molecule has 3 aromatic rings. The van der Waals surface area contributed by atoms with Crippen LogP contribution < -0.4 is 0 Å². The van der Waals surface area contributed by atoms with E-state index in [1.165, 1.54) is 6.20 Å². The zero-order chi connectivity index (χ0) is 13.8. The van der Waals surface area contributed by atoms with Gasteiger partial charge in [-0.25, -0.2) is 9.78 Å². The molecule has 0 aromatic carbocycles. The lowest BCUT2D eigenvalue weighted by molar-refractivity contribution is 0.0423. The topological polar surface area (TPSA) is 78.1 Å². The molecular formula is C13H9N3O3S. The van der Waals surface area contributed by atoms with E-state index >= 15 is 0 Å². The highest BCUT2D eigenvalue weighted by atomic mass is 32.1. The fourth-order valence-electron chi connectivity index (χ4n) is 1.51. The number of hydrogen-bond donors (Lipinski definition) is 0. The Kier molecular flexibility index (Phi) is 3.51. The molecule has 0 bridgehead atoms. The summed E-state index contributed by atoms with van der Waals surface area (Å²) in [6, 6.07) is 6.90. The lowest BCUT2D eigenvalue weighted by Gasteiger charge is -1.99. The molecule has 0 radical (unpaired) electrons. The largest absolute Gasteiger partial charge is 0.451 e. The first kappa shape index (κ1) is 12.5. The Morgan fingerprint density at radius 3 is 3.05 bits per heavy atom. The minimum atomic E-state index is -0.527. The Labute approximate surface area is 118 Å². The van der Waals surface area contributed by atoms with Gasteiger partial charge in [-0.1, -0.05) is 11.2 Å². The lowest BCUT2D eigenvalue weighted by Crippen LogP contribution is -2.07. The number of carbonyl (C=O) groups excluding carboxylic acids is 1. The summed E-state index contributed by atoms with van der Waals surface area (Å²) in [6.45, 7) is -0.0768. The van der Waals surface area contributed by atoms with E-state index in [0.29, 0.717) is 5.82 Å². The summed E-state index contributed by atoms with van der Waals surface area (Å²) in [6.07, 6.45) is 1.53. The molecule has 3 rings (SSSR count). The molecule has 0 spiro atoms. The predicted octanol–water partition coefficient (Wildman–Crippen LogP) is 2.55. The fraction of sp³-hybridized carbons (Fsp3) is 0.0769. The average Bonchev–Trinajstić information content (AvgIpc) is 3.16. The van der Waals surface area contributed by atoms with Gasteiger partial charge in [0.15, 0.2) is 6.61 Å². The predicted molar refractivity (Wildman–Crippen MR) is 71.0 cm³/mol. The van der Waals surface area contributed by atoms with Crippen LogP contribution in [0.15, 0.2) is 45.7 Å². The summed E-state index contributed by atoms with van der Waals surface area (Å²) < 4.78 is 10.1.